The van der Waals surface area contributed by atoms with Gasteiger partial charge in [0.2, 0.25) is 0 Å². The van der Waals surface area contributed by atoms with Crippen LogP contribution in [0.4, 0.5) is 5.82 Å². The highest BCUT2D eigenvalue weighted by molar-refractivity contribution is 5.94. The van der Waals surface area contributed by atoms with E-state index >= 15 is 0 Å². The number of hydrogen-bond acceptors (Lipinski definition) is 3. The summed E-state index contributed by atoms with van der Waals surface area (Å²) < 4.78 is 0. The van der Waals surface area contributed by atoms with Crippen molar-refractivity contribution in [3.05, 3.63) is 59.9 Å². The maximum atomic E-state index is 12.1. The number of carbonyl (C=O) groups excluding carboxylic acids is 1. The monoisotopic (exact) mass is 280 g/mol. The second kappa shape index (κ2) is 5.66. The van der Waals surface area contributed by atoms with Gasteiger partial charge >= 0.3 is 0 Å². The van der Waals surface area contributed by atoms with Crippen LogP contribution in [0.1, 0.15) is 15.9 Å². The van der Waals surface area contributed by atoms with Gasteiger partial charge in [0.15, 0.2) is 0 Å². The Bertz CT molecular complexity index is 779. The van der Waals surface area contributed by atoms with Crippen LogP contribution in [0, 0.1) is 0 Å². The van der Waals surface area contributed by atoms with E-state index in [2.05, 4.69) is 26.7 Å². The van der Waals surface area contributed by atoms with Gasteiger partial charge in [0.1, 0.15) is 5.82 Å². The van der Waals surface area contributed by atoms with Gasteiger partial charge in [0.25, 0.3) is 5.91 Å². The maximum absolute atomic E-state index is 12.1. The number of anilines is 1. The van der Waals surface area contributed by atoms with Crippen molar-refractivity contribution in [3.8, 4) is 0 Å². The van der Waals surface area contributed by atoms with Crippen molar-refractivity contribution >= 4 is 22.6 Å². The third-order valence-electron chi connectivity index (χ3n) is 3.35. The van der Waals surface area contributed by atoms with Crippen molar-refractivity contribution in [3.63, 3.8) is 0 Å². The van der Waals surface area contributed by atoms with Crippen LogP contribution in [0.3, 0.4) is 0 Å². The van der Waals surface area contributed by atoms with Crippen LogP contribution in [0.2, 0.25) is 0 Å². The van der Waals surface area contributed by atoms with E-state index in [1.165, 1.54) is 0 Å². The summed E-state index contributed by atoms with van der Waals surface area (Å²) in [6.45, 7) is 0.497. The number of amides is 1. The molecule has 0 atom stereocenters. The van der Waals surface area contributed by atoms with Gasteiger partial charge in [0, 0.05) is 37.1 Å². The molecular weight excluding hydrogens is 264 g/mol. The third-order valence-corrected chi connectivity index (χ3v) is 3.35. The lowest BCUT2D eigenvalue weighted by Crippen LogP contribution is -2.22. The number of aromatic amines is 1. The molecule has 1 aromatic carbocycles. The van der Waals surface area contributed by atoms with E-state index in [1.54, 1.807) is 25.4 Å². The Balaban J connectivity index is 1.69. The molecule has 2 aromatic heterocycles. The molecule has 3 aromatic rings. The molecule has 0 saturated carbocycles. The second-order valence-corrected chi connectivity index (χ2v) is 4.76. The molecule has 0 spiro atoms. The molecule has 0 unspecified atom stereocenters. The zero-order chi connectivity index (χ0) is 14.7. The van der Waals surface area contributed by atoms with E-state index in [0.717, 1.165) is 16.5 Å². The van der Waals surface area contributed by atoms with Crippen LogP contribution in [-0.2, 0) is 6.54 Å². The standard InChI is InChI=1S/C16H16N4O/c1-17-15-9-13(5-7-19-15)16(21)20-10-11-2-3-14-12(8-11)4-6-18-14/h2-9,18H,10H2,1H3,(H,17,19)(H,20,21). The normalized spacial score (nSPS) is 10.5. The van der Waals surface area contributed by atoms with E-state index in [0.29, 0.717) is 17.9 Å². The third kappa shape index (κ3) is 2.86. The summed E-state index contributed by atoms with van der Waals surface area (Å²) in [5.74, 6) is 0.569. The maximum Gasteiger partial charge on any atom is 0.251 e. The number of rotatable bonds is 4. The lowest BCUT2D eigenvalue weighted by atomic mass is 10.1. The minimum atomic E-state index is -0.108. The molecule has 5 nitrogen and oxygen atoms in total. The Kier molecular flexibility index (Phi) is 3.55. The number of H-pyrrole nitrogens is 1. The molecule has 3 N–H and O–H groups in total. The van der Waals surface area contributed by atoms with E-state index in [1.807, 2.05) is 24.4 Å². The van der Waals surface area contributed by atoms with E-state index in [-0.39, 0.29) is 5.91 Å². The molecular formula is C16H16N4O. The fourth-order valence-corrected chi connectivity index (χ4v) is 2.21. The van der Waals surface area contributed by atoms with Crippen LogP contribution in [-0.4, -0.2) is 22.9 Å². The number of nitrogens with one attached hydrogen (secondary N) is 3. The Labute approximate surface area is 122 Å². The molecule has 0 bridgehead atoms. The van der Waals surface area contributed by atoms with Gasteiger partial charge in [-0.15, -0.1) is 0 Å². The first-order valence-electron chi connectivity index (χ1n) is 6.74. The van der Waals surface area contributed by atoms with Crippen molar-refractivity contribution in [1.29, 1.82) is 0 Å². The summed E-state index contributed by atoms with van der Waals surface area (Å²) >= 11 is 0. The Morgan fingerprint density at radius 3 is 3.00 bits per heavy atom. The zero-order valence-corrected chi connectivity index (χ0v) is 11.7. The molecule has 106 valence electrons. The summed E-state index contributed by atoms with van der Waals surface area (Å²) in [4.78, 5) is 19.4. The van der Waals surface area contributed by atoms with Crippen LogP contribution in [0.15, 0.2) is 48.8 Å². The topological polar surface area (TPSA) is 69.8 Å². The van der Waals surface area contributed by atoms with Crippen molar-refractivity contribution < 1.29 is 4.79 Å². The van der Waals surface area contributed by atoms with Crippen molar-refractivity contribution in [2.45, 2.75) is 6.54 Å². The SMILES string of the molecule is CNc1cc(C(=O)NCc2ccc3[nH]ccc3c2)ccn1. The van der Waals surface area contributed by atoms with Gasteiger partial charge in [-0.25, -0.2) is 4.98 Å². The first-order chi connectivity index (χ1) is 10.3. The van der Waals surface area contributed by atoms with Crippen LogP contribution in [0.5, 0.6) is 0 Å². The number of hydrogen-bond donors (Lipinski definition) is 3. The molecule has 1 amide bonds. The number of benzene rings is 1. The largest absolute Gasteiger partial charge is 0.373 e. The van der Waals surface area contributed by atoms with E-state index < -0.39 is 0 Å². The number of nitrogens with zero attached hydrogens (tertiary/aromatic N) is 1. The molecule has 0 radical (unpaired) electrons. The predicted molar refractivity (Wildman–Crippen MR) is 83.3 cm³/mol. The number of pyridine rings is 1. The van der Waals surface area contributed by atoms with Gasteiger partial charge < -0.3 is 15.6 Å². The highest BCUT2D eigenvalue weighted by Crippen LogP contribution is 2.14. The molecule has 21 heavy (non-hydrogen) atoms. The summed E-state index contributed by atoms with van der Waals surface area (Å²) in [6.07, 6.45) is 3.52. The van der Waals surface area contributed by atoms with Gasteiger partial charge in [-0.1, -0.05) is 6.07 Å². The molecule has 5 heteroatoms. The quantitative estimate of drug-likeness (QED) is 0.688. The summed E-state index contributed by atoms with van der Waals surface area (Å²) in [5, 5.41) is 6.98. The molecule has 0 aliphatic carbocycles. The van der Waals surface area contributed by atoms with Crippen molar-refractivity contribution in [2.24, 2.45) is 0 Å². The zero-order valence-electron chi connectivity index (χ0n) is 11.7. The van der Waals surface area contributed by atoms with Gasteiger partial charge in [-0.05, 0) is 41.3 Å². The summed E-state index contributed by atoms with van der Waals surface area (Å²) in [5.41, 5.74) is 2.76. The van der Waals surface area contributed by atoms with Crippen molar-refractivity contribution in [1.82, 2.24) is 15.3 Å². The van der Waals surface area contributed by atoms with Crippen LogP contribution >= 0.6 is 0 Å². The number of carbonyl (C=O) groups is 1. The van der Waals surface area contributed by atoms with E-state index in [9.17, 15) is 4.79 Å². The van der Waals surface area contributed by atoms with E-state index in [4.69, 9.17) is 0 Å². The number of aromatic nitrogens is 2. The fraction of sp³-hybridized carbons (Fsp3) is 0.125. The molecule has 0 aliphatic rings. The Morgan fingerprint density at radius 1 is 1.24 bits per heavy atom. The predicted octanol–water partition coefficient (Wildman–Crippen LogP) is 2.53. The average molecular weight is 280 g/mol. The van der Waals surface area contributed by atoms with Crippen LogP contribution in [0.25, 0.3) is 10.9 Å². The highest BCUT2D eigenvalue weighted by atomic mass is 16.1. The first-order valence-corrected chi connectivity index (χ1v) is 6.74. The second-order valence-electron chi connectivity index (χ2n) is 4.76. The lowest BCUT2D eigenvalue weighted by molar-refractivity contribution is 0.0951. The van der Waals surface area contributed by atoms with Gasteiger partial charge in [-0.3, -0.25) is 4.79 Å². The minimum absolute atomic E-state index is 0.108. The molecule has 3 rings (SSSR count). The molecule has 0 fully saturated rings. The van der Waals surface area contributed by atoms with Crippen molar-refractivity contribution in [2.75, 3.05) is 12.4 Å². The Hall–Kier alpha value is -2.82. The van der Waals surface area contributed by atoms with Gasteiger partial charge in [-0.2, -0.15) is 0 Å². The first kappa shape index (κ1) is 13.2. The fourth-order valence-electron chi connectivity index (χ4n) is 2.21. The lowest BCUT2D eigenvalue weighted by Gasteiger charge is -2.07. The minimum Gasteiger partial charge on any atom is -0.373 e. The van der Waals surface area contributed by atoms with Crippen LogP contribution < -0.4 is 10.6 Å². The summed E-state index contributed by atoms with van der Waals surface area (Å²) in [6, 6.07) is 11.5. The van der Waals surface area contributed by atoms with Gasteiger partial charge in [0.05, 0.1) is 0 Å². The molecule has 0 aliphatic heterocycles. The molecule has 0 saturated heterocycles. The highest BCUT2D eigenvalue weighted by Gasteiger charge is 2.06. The number of fused-ring (bicyclic) bond motifs is 1. The Morgan fingerprint density at radius 2 is 2.14 bits per heavy atom. The average Bonchev–Trinajstić information content (AvgIpc) is 3.00. The summed E-state index contributed by atoms with van der Waals surface area (Å²) in [7, 11) is 1.77. The molecule has 2 heterocycles. The smallest absolute Gasteiger partial charge is 0.251 e.